The van der Waals surface area contributed by atoms with E-state index in [2.05, 4.69) is 32.2 Å². The lowest BCUT2D eigenvalue weighted by atomic mass is 9.71. The highest BCUT2D eigenvalue weighted by atomic mass is 16.5. The maximum absolute atomic E-state index is 9.36. The van der Waals surface area contributed by atoms with Crippen LogP contribution < -0.4 is 5.32 Å². The summed E-state index contributed by atoms with van der Waals surface area (Å²) in [5.41, 5.74) is 0.0423. The van der Waals surface area contributed by atoms with Crippen LogP contribution in [0.1, 0.15) is 72.6 Å². The SMILES string of the molecule is CC1CC(OCCCC(C)(C#N)NC2CC2)CC(C)(C)C1. The molecule has 3 heteroatoms. The number of nitrogens with one attached hydrogen (secondary N) is 1. The maximum atomic E-state index is 9.36. The van der Waals surface area contributed by atoms with Crippen LogP contribution in [0.2, 0.25) is 0 Å². The first-order chi connectivity index (χ1) is 9.82. The van der Waals surface area contributed by atoms with Crippen molar-refractivity contribution in [2.24, 2.45) is 11.3 Å². The second-order valence-electron chi connectivity index (χ2n) is 8.37. The van der Waals surface area contributed by atoms with Gasteiger partial charge in [-0.05, 0) is 63.2 Å². The molecule has 3 atom stereocenters. The fourth-order valence-corrected chi connectivity index (χ4v) is 3.90. The van der Waals surface area contributed by atoms with Crippen LogP contribution in [0.5, 0.6) is 0 Å². The number of hydrogen-bond acceptors (Lipinski definition) is 3. The molecule has 0 heterocycles. The Labute approximate surface area is 130 Å². The fraction of sp³-hybridized carbons (Fsp3) is 0.944. The van der Waals surface area contributed by atoms with E-state index in [1.165, 1.54) is 32.1 Å². The third-order valence-corrected chi connectivity index (χ3v) is 4.87. The topological polar surface area (TPSA) is 45.0 Å². The smallest absolute Gasteiger partial charge is 0.104 e. The van der Waals surface area contributed by atoms with Crippen LogP contribution in [-0.4, -0.2) is 24.3 Å². The van der Waals surface area contributed by atoms with E-state index in [0.29, 0.717) is 17.6 Å². The molecule has 0 amide bonds. The summed E-state index contributed by atoms with van der Waals surface area (Å²) in [5.74, 6) is 0.764. The number of rotatable bonds is 7. The molecular formula is C18H32N2O. The summed E-state index contributed by atoms with van der Waals surface area (Å²) in [7, 11) is 0. The standard InChI is InChI=1S/C18H32N2O/c1-14-10-16(12-17(2,3)11-14)21-9-5-8-18(4,13-19)20-15-6-7-15/h14-16,20H,5-12H2,1-4H3. The largest absolute Gasteiger partial charge is 0.378 e. The molecule has 120 valence electrons. The minimum atomic E-state index is -0.371. The fourth-order valence-electron chi connectivity index (χ4n) is 3.90. The maximum Gasteiger partial charge on any atom is 0.104 e. The average molecular weight is 292 g/mol. The van der Waals surface area contributed by atoms with Gasteiger partial charge in [-0.25, -0.2) is 0 Å². The van der Waals surface area contributed by atoms with E-state index in [9.17, 15) is 5.26 Å². The molecule has 0 aliphatic heterocycles. The van der Waals surface area contributed by atoms with Crippen molar-refractivity contribution in [3.05, 3.63) is 0 Å². The van der Waals surface area contributed by atoms with Gasteiger partial charge in [-0.3, -0.25) is 5.32 Å². The van der Waals surface area contributed by atoms with Crippen LogP contribution in [0.3, 0.4) is 0 Å². The molecule has 0 aromatic rings. The molecule has 2 aliphatic carbocycles. The molecule has 21 heavy (non-hydrogen) atoms. The van der Waals surface area contributed by atoms with Gasteiger partial charge in [0.05, 0.1) is 12.2 Å². The Bertz CT molecular complexity index is 383. The highest BCUT2D eigenvalue weighted by molar-refractivity contribution is 5.06. The van der Waals surface area contributed by atoms with E-state index >= 15 is 0 Å². The van der Waals surface area contributed by atoms with Crippen LogP contribution in [-0.2, 0) is 4.74 Å². The van der Waals surface area contributed by atoms with Crippen LogP contribution in [0.15, 0.2) is 0 Å². The van der Waals surface area contributed by atoms with E-state index in [1.807, 2.05) is 6.92 Å². The molecule has 2 fully saturated rings. The van der Waals surface area contributed by atoms with Crippen LogP contribution >= 0.6 is 0 Å². The zero-order chi connectivity index (χ0) is 15.5. The van der Waals surface area contributed by atoms with Gasteiger partial charge < -0.3 is 4.74 Å². The second-order valence-corrected chi connectivity index (χ2v) is 8.37. The lowest BCUT2D eigenvalue weighted by Crippen LogP contribution is -2.42. The Morgan fingerprint density at radius 2 is 2.05 bits per heavy atom. The van der Waals surface area contributed by atoms with E-state index in [4.69, 9.17) is 4.74 Å². The first-order valence-electron chi connectivity index (χ1n) is 8.62. The first-order valence-corrected chi connectivity index (χ1v) is 8.62. The molecule has 3 unspecified atom stereocenters. The highest BCUT2D eigenvalue weighted by Gasteiger charge is 2.33. The summed E-state index contributed by atoms with van der Waals surface area (Å²) in [6.45, 7) is 9.86. The van der Waals surface area contributed by atoms with E-state index in [-0.39, 0.29) is 5.54 Å². The van der Waals surface area contributed by atoms with Crippen molar-refractivity contribution in [2.45, 2.75) is 90.3 Å². The van der Waals surface area contributed by atoms with Gasteiger partial charge in [0.2, 0.25) is 0 Å². The summed E-state index contributed by atoms with van der Waals surface area (Å²) in [6.07, 6.45) is 8.39. The summed E-state index contributed by atoms with van der Waals surface area (Å²) in [4.78, 5) is 0. The summed E-state index contributed by atoms with van der Waals surface area (Å²) >= 11 is 0. The molecule has 2 aliphatic rings. The predicted octanol–water partition coefficient (Wildman–Crippen LogP) is 4.03. The minimum Gasteiger partial charge on any atom is -0.378 e. The van der Waals surface area contributed by atoms with Gasteiger partial charge in [0.1, 0.15) is 5.54 Å². The zero-order valence-electron chi connectivity index (χ0n) is 14.2. The van der Waals surface area contributed by atoms with Crippen molar-refractivity contribution >= 4 is 0 Å². The molecule has 0 aromatic carbocycles. The molecule has 0 radical (unpaired) electrons. The van der Waals surface area contributed by atoms with Gasteiger partial charge in [-0.15, -0.1) is 0 Å². The Morgan fingerprint density at radius 1 is 1.33 bits per heavy atom. The Balaban J connectivity index is 1.68. The first kappa shape index (κ1) is 16.8. The van der Waals surface area contributed by atoms with Crippen LogP contribution in [0, 0.1) is 22.7 Å². The quantitative estimate of drug-likeness (QED) is 0.720. The second kappa shape index (κ2) is 6.67. The van der Waals surface area contributed by atoms with Gasteiger partial charge >= 0.3 is 0 Å². The predicted molar refractivity (Wildman–Crippen MR) is 85.9 cm³/mol. The molecule has 0 saturated heterocycles. The molecule has 1 N–H and O–H groups in total. The van der Waals surface area contributed by atoms with Gasteiger partial charge in [-0.1, -0.05) is 20.8 Å². The van der Waals surface area contributed by atoms with Crippen molar-refractivity contribution in [1.29, 1.82) is 5.26 Å². The molecule has 2 rings (SSSR count). The molecule has 3 nitrogen and oxygen atoms in total. The Morgan fingerprint density at radius 3 is 2.62 bits per heavy atom. The Kier molecular flexibility index (Phi) is 5.33. The molecule has 2 saturated carbocycles. The van der Waals surface area contributed by atoms with E-state index < -0.39 is 0 Å². The minimum absolute atomic E-state index is 0.371. The van der Waals surface area contributed by atoms with Crippen molar-refractivity contribution in [3.63, 3.8) is 0 Å². The summed E-state index contributed by atoms with van der Waals surface area (Å²) in [5, 5.41) is 12.8. The van der Waals surface area contributed by atoms with Crippen LogP contribution in [0.25, 0.3) is 0 Å². The molecule has 0 spiro atoms. The monoisotopic (exact) mass is 292 g/mol. The number of nitrogens with zero attached hydrogens (tertiary/aromatic N) is 1. The van der Waals surface area contributed by atoms with E-state index in [0.717, 1.165) is 25.4 Å². The van der Waals surface area contributed by atoms with Gasteiger partial charge in [0.25, 0.3) is 0 Å². The van der Waals surface area contributed by atoms with Gasteiger partial charge in [0, 0.05) is 12.6 Å². The van der Waals surface area contributed by atoms with Crippen LogP contribution in [0.4, 0.5) is 0 Å². The lowest BCUT2D eigenvalue weighted by Gasteiger charge is -2.38. The van der Waals surface area contributed by atoms with E-state index in [1.54, 1.807) is 0 Å². The Hall–Kier alpha value is -0.590. The molecular weight excluding hydrogens is 260 g/mol. The number of hydrogen-bond donors (Lipinski definition) is 1. The van der Waals surface area contributed by atoms with Gasteiger partial charge in [-0.2, -0.15) is 5.26 Å². The lowest BCUT2D eigenvalue weighted by molar-refractivity contribution is -0.0248. The highest BCUT2D eigenvalue weighted by Crippen LogP contribution is 2.39. The third-order valence-electron chi connectivity index (χ3n) is 4.87. The van der Waals surface area contributed by atoms with Crippen molar-refractivity contribution in [2.75, 3.05) is 6.61 Å². The summed E-state index contributed by atoms with van der Waals surface area (Å²) in [6, 6.07) is 3.02. The summed E-state index contributed by atoms with van der Waals surface area (Å²) < 4.78 is 6.11. The zero-order valence-corrected chi connectivity index (χ0v) is 14.2. The number of ether oxygens (including phenoxy) is 1. The number of nitriles is 1. The normalized spacial score (nSPS) is 31.4. The van der Waals surface area contributed by atoms with Crippen molar-refractivity contribution in [3.8, 4) is 6.07 Å². The third kappa shape index (κ3) is 5.60. The molecule has 0 bridgehead atoms. The average Bonchev–Trinajstić information content (AvgIpc) is 3.16. The van der Waals surface area contributed by atoms with Crippen molar-refractivity contribution < 1.29 is 4.74 Å². The van der Waals surface area contributed by atoms with Gasteiger partial charge in [0.15, 0.2) is 0 Å². The van der Waals surface area contributed by atoms with Crippen molar-refractivity contribution in [1.82, 2.24) is 5.32 Å². The molecule has 0 aromatic heterocycles.